The number of benzene rings is 1. The molecule has 0 radical (unpaired) electrons. The van der Waals surface area contributed by atoms with E-state index in [9.17, 15) is 9.59 Å². The number of rotatable bonds is 7. The van der Waals surface area contributed by atoms with Crippen molar-refractivity contribution in [2.75, 3.05) is 29.9 Å². The fraction of sp³-hybridized carbons (Fsp3) is 0.565. The van der Waals surface area contributed by atoms with Gasteiger partial charge in [0.1, 0.15) is 0 Å². The van der Waals surface area contributed by atoms with Gasteiger partial charge in [-0.15, -0.1) is 0 Å². The van der Waals surface area contributed by atoms with Crippen molar-refractivity contribution >= 4 is 23.2 Å². The summed E-state index contributed by atoms with van der Waals surface area (Å²) >= 11 is 0. The van der Waals surface area contributed by atoms with Crippen LogP contribution in [-0.2, 0) is 9.59 Å². The predicted molar refractivity (Wildman–Crippen MR) is 112 cm³/mol. The lowest BCUT2D eigenvalue weighted by atomic mass is 9.97. The Morgan fingerprint density at radius 1 is 0.964 bits per heavy atom. The second-order valence-electron chi connectivity index (χ2n) is 8.33. The van der Waals surface area contributed by atoms with Crippen LogP contribution in [-0.4, -0.2) is 31.4 Å². The molecule has 2 fully saturated rings. The summed E-state index contributed by atoms with van der Waals surface area (Å²) in [5, 5.41) is 5.98. The fourth-order valence-electron chi connectivity index (χ4n) is 4.35. The topological polar surface area (TPSA) is 61.4 Å². The molecule has 0 spiro atoms. The van der Waals surface area contributed by atoms with Crippen molar-refractivity contribution in [2.24, 2.45) is 11.8 Å². The molecule has 2 N–H and O–H groups in total. The quantitative estimate of drug-likeness (QED) is 0.705. The van der Waals surface area contributed by atoms with E-state index in [2.05, 4.69) is 33.7 Å². The Hall–Kier alpha value is -2.30. The van der Waals surface area contributed by atoms with Gasteiger partial charge >= 0.3 is 0 Å². The lowest BCUT2D eigenvalue weighted by Gasteiger charge is -2.17. The van der Waals surface area contributed by atoms with Crippen LogP contribution in [0.5, 0.6) is 0 Å². The average Bonchev–Trinajstić information content (AvgIpc) is 3.35. The van der Waals surface area contributed by atoms with E-state index < -0.39 is 0 Å². The minimum Gasteiger partial charge on any atom is -0.372 e. The Morgan fingerprint density at radius 3 is 2.43 bits per heavy atom. The number of hydrogen-bond acceptors (Lipinski definition) is 3. The molecule has 1 aliphatic heterocycles. The molecule has 0 aromatic heterocycles. The minimum atomic E-state index is -0.188. The zero-order valence-electron chi connectivity index (χ0n) is 16.6. The lowest BCUT2D eigenvalue weighted by Crippen LogP contribution is -2.28. The van der Waals surface area contributed by atoms with E-state index in [1.807, 2.05) is 12.1 Å². The largest absolute Gasteiger partial charge is 0.372 e. The van der Waals surface area contributed by atoms with Crippen LogP contribution in [0.25, 0.3) is 0 Å². The van der Waals surface area contributed by atoms with Gasteiger partial charge in [0.05, 0.1) is 11.8 Å². The average molecular weight is 382 g/mol. The number of amides is 2. The smallest absolute Gasteiger partial charge is 0.228 e. The molecule has 5 nitrogen and oxygen atoms in total. The van der Waals surface area contributed by atoms with Crippen molar-refractivity contribution in [3.63, 3.8) is 0 Å². The molecule has 150 valence electrons. The summed E-state index contributed by atoms with van der Waals surface area (Å²) in [7, 11) is 0. The summed E-state index contributed by atoms with van der Waals surface area (Å²) in [6.45, 7) is 2.91. The van der Waals surface area contributed by atoms with Gasteiger partial charge in [0.2, 0.25) is 11.8 Å². The van der Waals surface area contributed by atoms with E-state index in [0.717, 1.165) is 25.2 Å². The van der Waals surface area contributed by atoms with Gasteiger partial charge in [0.25, 0.3) is 0 Å². The van der Waals surface area contributed by atoms with Gasteiger partial charge < -0.3 is 15.5 Å². The summed E-state index contributed by atoms with van der Waals surface area (Å²) in [4.78, 5) is 27.1. The third-order valence-electron chi connectivity index (χ3n) is 6.20. The molecule has 2 atom stereocenters. The third kappa shape index (κ3) is 4.75. The molecule has 1 saturated heterocycles. The monoisotopic (exact) mass is 381 g/mol. The van der Waals surface area contributed by atoms with Crippen LogP contribution in [0.15, 0.2) is 35.9 Å². The highest BCUT2D eigenvalue weighted by Crippen LogP contribution is 2.39. The first-order chi connectivity index (χ1) is 13.7. The summed E-state index contributed by atoms with van der Waals surface area (Å²) < 4.78 is 0. The van der Waals surface area contributed by atoms with Crippen molar-refractivity contribution in [1.29, 1.82) is 0 Å². The summed E-state index contributed by atoms with van der Waals surface area (Å²) in [6.07, 6.45) is 11.3. The number of allylic oxidation sites excluding steroid dienone is 1. The van der Waals surface area contributed by atoms with Crippen LogP contribution in [0.1, 0.15) is 51.4 Å². The Labute approximate surface area is 167 Å². The Balaban J connectivity index is 1.19. The highest BCUT2D eigenvalue weighted by atomic mass is 16.2. The highest BCUT2D eigenvalue weighted by Gasteiger charge is 2.47. The maximum Gasteiger partial charge on any atom is 0.228 e. The van der Waals surface area contributed by atoms with Gasteiger partial charge in [0, 0.05) is 31.0 Å². The molecule has 3 aliphatic rings. The molecule has 2 aliphatic carbocycles. The second-order valence-corrected chi connectivity index (χ2v) is 8.33. The van der Waals surface area contributed by atoms with E-state index in [1.54, 1.807) is 0 Å². The highest BCUT2D eigenvalue weighted by molar-refractivity contribution is 5.99. The molecule has 2 unspecified atom stereocenters. The standard InChI is InChI=1S/C23H31N3O2/c27-22(24-13-12-17-6-2-1-3-7-17)20-16-21(20)23(28)25-18-8-10-19(11-9-18)26-14-4-5-15-26/h6,8-11,20-21H,1-5,7,12-16H2,(H,24,27)(H,25,28). The van der Waals surface area contributed by atoms with Crippen molar-refractivity contribution in [3.05, 3.63) is 35.9 Å². The number of carbonyl (C=O) groups excluding carboxylic acids is 2. The van der Waals surface area contributed by atoms with E-state index in [0.29, 0.717) is 13.0 Å². The van der Waals surface area contributed by atoms with Gasteiger partial charge in [-0.05, 0) is 75.6 Å². The van der Waals surface area contributed by atoms with E-state index in [4.69, 9.17) is 0 Å². The number of nitrogens with zero attached hydrogens (tertiary/aromatic N) is 1. The maximum atomic E-state index is 12.4. The van der Waals surface area contributed by atoms with Gasteiger partial charge in [-0.3, -0.25) is 9.59 Å². The normalized spacial score (nSPS) is 23.9. The Morgan fingerprint density at radius 2 is 1.71 bits per heavy atom. The molecule has 28 heavy (non-hydrogen) atoms. The van der Waals surface area contributed by atoms with Crippen LogP contribution < -0.4 is 15.5 Å². The number of hydrogen-bond donors (Lipinski definition) is 2. The summed E-state index contributed by atoms with van der Waals surface area (Å²) in [5.74, 6) is -0.360. The molecular weight excluding hydrogens is 350 g/mol. The minimum absolute atomic E-state index is 0.0286. The third-order valence-corrected chi connectivity index (χ3v) is 6.20. The van der Waals surface area contributed by atoms with Crippen LogP contribution in [0.2, 0.25) is 0 Å². The molecule has 1 aromatic carbocycles. The van der Waals surface area contributed by atoms with E-state index in [1.165, 1.54) is 49.8 Å². The second kappa shape index (κ2) is 8.80. The SMILES string of the molecule is O=C(NCCC1=CCCCC1)C1CC1C(=O)Nc1ccc(N2CCCC2)cc1. The molecule has 1 aromatic rings. The van der Waals surface area contributed by atoms with Crippen LogP contribution in [0.4, 0.5) is 11.4 Å². The van der Waals surface area contributed by atoms with Gasteiger partial charge in [-0.1, -0.05) is 11.6 Å². The van der Waals surface area contributed by atoms with Crippen LogP contribution >= 0.6 is 0 Å². The first kappa shape index (κ1) is 19.0. The molecule has 0 bridgehead atoms. The predicted octanol–water partition coefficient (Wildman–Crippen LogP) is 3.87. The fourth-order valence-corrected chi connectivity index (χ4v) is 4.35. The molecule has 5 heteroatoms. The molecular formula is C23H31N3O2. The number of nitrogens with one attached hydrogen (secondary N) is 2. The van der Waals surface area contributed by atoms with Gasteiger partial charge in [0.15, 0.2) is 0 Å². The van der Waals surface area contributed by atoms with Crippen molar-refractivity contribution < 1.29 is 9.59 Å². The first-order valence-electron chi connectivity index (χ1n) is 10.8. The molecule has 2 amide bonds. The lowest BCUT2D eigenvalue weighted by molar-refractivity contribution is -0.125. The Kier molecular flexibility index (Phi) is 5.98. The van der Waals surface area contributed by atoms with Crippen molar-refractivity contribution in [2.45, 2.75) is 51.4 Å². The number of anilines is 2. The zero-order chi connectivity index (χ0) is 19.3. The molecule has 1 heterocycles. The zero-order valence-corrected chi connectivity index (χ0v) is 16.6. The number of carbonyl (C=O) groups is 2. The Bertz CT molecular complexity index is 735. The van der Waals surface area contributed by atoms with Gasteiger partial charge in [-0.2, -0.15) is 0 Å². The maximum absolute atomic E-state index is 12.4. The van der Waals surface area contributed by atoms with Crippen LogP contribution in [0, 0.1) is 11.8 Å². The van der Waals surface area contributed by atoms with E-state index >= 15 is 0 Å². The summed E-state index contributed by atoms with van der Waals surface area (Å²) in [5.41, 5.74) is 3.49. The van der Waals surface area contributed by atoms with Gasteiger partial charge in [-0.25, -0.2) is 0 Å². The molecule has 4 rings (SSSR count). The van der Waals surface area contributed by atoms with E-state index in [-0.39, 0.29) is 23.7 Å². The first-order valence-corrected chi connectivity index (χ1v) is 10.8. The van der Waals surface area contributed by atoms with Crippen molar-refractivity contribution in [3.8, 4) is 0 Å². The van der Waals surface area contributed by atoms with Crippen molar-refractivity contribution in [1.82, 2.24) is 5.32 Å². The van der Waals surface area contributed by atoms with Crippen LogP contribution in [0.3, 0.4) is 0 Å². The molecule has 1 saturated carbocycles. The summed E-state index contributed by atoms with van der Waals surface area (Å²) in [6, 6.07) is 8.05.